The maximum Gasteiger partial charge on any atom is 0.261 e. The highest BCUT2D eigenvalue weighted by atomic mass is 28.4. The van der Waals surface area contributed by atoms with E-state index in [1.165, 1.54) is 10.4 Å². The molecule has 0 bridgehead atoms. The van der Waals surface area contributed by atoms with E-state index in [0.29, 0.717) is 6.61 Å². The Morgan fingerprint density at radius 3 is 1.74 bits per heavy atom. The van der Waals surface area contributed by atoms with Crippen molar-refractivity contribution in [3.63, 3.8) is 0 Å². The molecule has 2 rings (SSSR count). The standard InChI is InChI=1S/C19H25NO2Si/c1-16(20-21)15-22-23(19(2,3)4,17-11-7-5-8-12-17)18-13-9-6-10-14-18/h5-14,16H,15H2,1-4H3/t16-/m0/s1. The molecule has 0 heterocycles. The molecule has 0 spiro atoms. The van der Waals surface area contributed by atoms with Crippen LogP contribution in [0.4, 0.5) is 0 Å². The van der Waals surface area contributed by atoms with Gasteiger partial charge in [0.25, 0.3) is 8.32 Å². The molecule has 0 aliphatic carbocycles. The van der Waals surface area contributed by atoms with Gasteiger partial charge in [-0.1, -0.05) is 86.6 Å². The molecule has 0 unspecified atom stereocenters. The Labute approximate surface area is 139 Å². The predicted molar refractivity (Wildman–Crippen MR) is 98.8 cm³/mol. The molecule has 2 aromatic carbocycles. The third kappa shape index (κ3) is 3.59. The molecule has 0 fully saturated rings. The van der Waals surface area contributed by atoms with Gasteiger partial charge in [0.1, 0.15) is 6.04 Å². The summed E-state index contributed by atoms with van der Waals surface area (Å²) in [4.78, 5) is 10.8. The molecule has 0 N–H and O–H groups in total. The minimum absolute atomic E-state index is 0.0711. The fourth-order valence-corrected chi connectivity index (χ4v) is 7.68. The SMILES string of the molecule is C[C@@H](CO[Si](c1ccccc1)(c1ccccc1)C(C)(C)C)N=O. The Bertz CT molecular complexity index is 583. The molecular weight excluding hydrogens is 302 g/mol. The Kier molecular flexibility index (Phi) is 5.49. The maximum atomic E-state index is 10.8. The van der Waals surface area contributed by atoms with Crippen molar-refractivity contribution in [2.24, 2.45) is 5.18 Å². The van der Waals surface area contributed by atoms with Gasteiger partial charge >= 0.3 is 0 Å². The van der Waals surface area contributed by atoms with E-state index in [9.17, 15) is 4.91 Å². The molecule has 4 heteroatoms. The molecule has 2 aromatic rings. The summed E-state index contributed by atoms with van der Waals surface area (Å²) < 4.78 is 6.56. The van der Waals surface area contributed by atoms with Crippen LogP contribution in [0.25, 0.3) is 0 Å². The van der Waals surface area contributed by atoms with Crippen molar-refractivity contribution in [3.05, 3.63) is 65.6 Å². The second-order valence-electron chi connectivity index (χ2n) is 6.93. The largest absolute Gasteiger partial charge is 0.405 e. The van der Waals surface area contributed by atoms with E-state index in [1.807, 2.05) is 12.1 Å². The second kappa shape index (κ2) is 7.19. The van der Waals surface area contributed by atoms with Crippen LogP contribution in [0.15, 0.2) is 65.8 Å². The zero-order chi connectivity index (χ0) is 16.9. The quantitative estimate of drug-likeness (QED) is 0.599. The lowest BCUT2D eigenvalue weighted by Crippen LogP contribution is -2.67. The van der Waals surface area contributed by atoms with Crippen LogP contribution in [0, 0.1) is 4.91 Å². The summed E-state index contributed by atoms with van der Waals surface area (Å²) in [5.74, 6) is 0. The molecule has 0 aromatic heterocycles. The maximum absolute atomic E-state index is 10.8. The van der Waals surface area contributed by atoms with Gasteiger partial charge in [0.15, 0.2) is 0 Å². The first-order valence-electron chi connectivity index (χ1n) is 7.99. The monoisotopic (exact) mass is 327 g/mol. The van der Waals surface area contributed by atoms with E-state index in [0.717, 1.165) is 0 Å². The van der Waals surface area contributed by atoms with Crippen LogP contribution in [-0.4, -0.2) is 21.0 Å². The van der Waals surface area contributed by atoms with Crippen LogP contribution in [0.3, 0.4) is 0 Å². The van der Waals surface area contributed by atoms with Crippen LogP contribution >= 0.6 is 0 Å². The highest BCUT2D eigenvalue weighted by Gasteiger charge is 2.50. The number of hydrogen-bond acceptors (Lipinski definition) is 3. The van der Waals surface area contributed by atoms with Gasteiger partial charge in [-0.05, 0) is 22.3 Å². The molecule has 23 heavy (non-hydrogen) atoms. The lowest BCUT2D eigenvalue weighted by molar-refractivity contribution is 0.278. The van der Waals surface area contributed by atoms with E-state index in [4.69, 9.17) is 4.43 Å². The minimum Gasteiger partial charge on any atom is -0.405 e. The zero-order valence-electron chi connectivity index (χ0n) is 14.3. The van der Waals surface area contributed by atoms with E-state index in [1.54, 1.807) is 6.92 Å². The molecule has 0 saturated heterocycles. The Hall–Kier alpha value is -1.78. The lowest BCUT2D eigenvalue weighted by Gasteiger charge is -2.43. The highest BCUT2D eigenvalue weighted by Crippen LogP contribution is 2.36. The second-order valence-corrected chi connectivity index (χ2v) is 11.2. The summed E-state index contributed by atoms with van der Waals surface area (Å²) in [5.41, 5.74) is 0. The normalized spacial score (nSPS) is 13.6. The van der Waals surface area contributed by atoms with Gasteiger partial charge in [0.2, 0.25) is 0 Å². The van der Waals surface area contributed by atoms with E-state index in [2.05, 4.69) is 74.5 Å². The first-order chi connectivity index (χ1) is 10.9. The molecule has 1 atom stereocenters. The average molecular weight is 328 g/mol. The van der Waals surface area contributed by atoms with Gasteiger partial charge in [0, 0.05) is 0 Å². The van der Waals surface area contributed by atoms with Crippen molar-refractivity contribution < 1.29 is 4.43 Å². The highest BCUT2D eigenvalue weighted by molar-refractivity contribution is 6.99. The van der Waals surface area contributed by atoms with Crippen molar-refractivity contribution in [1.82, 2.24) is 0 Å². The van der Waals surface area contributed by atoms with Crippen LogP contribution < -0.4 is 10.4 Å². The van der Waals surface area contributed by atoms with Crippen molar-refractivity contribution in [3.8, 4) is 0 Å². The summed E-state index contributed by atoms with van der Waals surface area (Å²) >= 11 is 0. The lowest BCUT2D eigenvalue weighted by atomic mass is 10.2. The third-order valence-electron chi connectivity index (χ3n) is 4.14. The van der Waals surface area contributed by atoms with Gasteiger partial charge in [-0.25, -0.2) is 0 Å². The van der Waals surface area contributed by atoms with Gasteiger partial charge in [-0.15, -0.1) is 0 Å². The first-order valence-corrected chi connectivity index (χ1v) is 9.90. The third-order valence-corrected chi connectivity index (χ3v) is 9.14. The minimum atomic E-state index is -2.53. The summed E-state index contributed by atoms with van der Waals surface area (Å²) in [7, 11) is -2.53. The fraction of sp³-hybridized carbons (Fsp3) is 0.368. The van der Waals surface area contributed by atoms with Crippen molar-refractivity contribution in [2.45, 2.75) is 38.8 Å². The smallest absolute Gasteiger partial charge is 0.261 e. The van der Waals surface area contributed by atoms with E-state index >= 15 is 0 Å². The fourth-order valence-electron chi connectivity index (χ4n) is 3.04. The molecule has 0 saturated carbocycles. The molecule has 0 radical (unpaired) electrons. The Morgan fingerprint density at radius 1 is 0.957 bits per heavy atom. The molecule has 0 aliphatic rings. The Balaban J connectivity index is 2.62. The van der Waals surface area contributed by atoms with Crippen LogP contribution in [0.5, 0.6) is 0 Å². The Morgan fingerprint density at radius 2 is 1.39 bits per heavy atom. The van der Waals surface area contributed by atoms with Gasteiger partial charge in [0.05, 0.1) is 6.61 Å². The molecule has 0 aliphatic heterocycles. The predicted octanol–water partition coefficient (Wildman–Crippen LogP) is 3.72. The number of rotatable bonds is 6. The number of benzene rings is 2. The van der Waals surface area contributed by atoms with E-state index < -0.39 is 8.32 Å². The first kappa shape index (κ1) is 17.6. The van der Waals surface area contributed by atoms with Gasteiger partial charge in [-0.3, -0.25) is 0 Å². The molecule has 3 nitrogen and oxygen atoms in total. The number of hydrogen-bond donors (Lipinski definition) is 0. The van der Waals surface area contributed by atoms with Crippen LogP contribution in [-0.2, 0) is 4.43 Å². The molecular formula is C19H25NO2Si. The summed E-state index contributed by atoms with van der Waals surface area (Å²) in [6.45, 7) is 8.80. The summed E-state index contributed by atoms with van der Waals surface area (Å²) in [6, 6.07) is 20.5. The molecule has 122 valence electrons. The number of nitroso groups, excluding NO2 is 1. The van der Waals surface area contributed by atoms with Gasteiger partial charge in [-0.2, -0.15) is 4.91 Å². The van der Waals surface area contributed by atoms with Gasteiger partial charge < -0.3 is 4.43 Å². The zero-order valence-corrected chi connectivity index (χ0v) is 15.3. The van der Waals surface area contributed by atoms with Crippen LogP contribution in [0.1, 0.15) is 27.7 Å². The topological polar surface area (TPSA) is 38.7 Å². The number of nitrogens with zero attached hydrogens (tertiary/aromatic N) is 1. The van der Waals surface area contributed by atoms with E-state index in [-0.39, 0.29) is 11.1 Å². The average Bonchev–Trinajstić information content (AvgIpc) is 2.56. The van der Waals surface area contributed by atoms with Crippen molar-refractivity contribution >= 4 is 18.7 Å². The summed E-state index contributed by atoms with van der Waals surface area (Å²) in [6.07, 6.45) is 0. The van der Waals surface area contributed by atoms with Crippen molar-refractivity contribution in [1.29, 1.82) is 0 Å². The van der Waals surface area contributed by atoms with Crippen LogP contribution in [0.2, 0.25) is 5.04 Å². The van der Waals surface area contributed by atoms with Crippen molar-refractivity contribution in [2.75, 3.05) is 6.61 Å². The molecule has 0 amide bonds. The summed E-state index contributed by atoms with van der Waals surface area (Å²) in [5, 5.41) is 5.48.